The van der Waals surface area contributed by atoms with Crippen molar-refractivity contribution in [3.05, 3.63) is 46.9 Å². The van der Waals surface area contributed by atoms with E-state index < -0.39 is 10.0 Å². The third kappa shape index (κ3) is 3.26. The van der Waals surface area contributed by atoms with Crippen molar-refractivity contribution in [2.75, 3.05) is 0 Å². The Kier molecular flexibility index (Phi) is 3.96. The van der Waals surface area contributed by atoms with Gasteiger partial charge >= 0.3 is 0 Å². The molecule has 0 saturated carbocycles. The molecule has 0 saturated heterocycles. The van der Waals surface area contributed by atoms with E-state index in [1.54, 1.807) is 0 Å². The maximum Gasteiger partial charge on any atom is 0.257 e. The van der Waals surface area contributed by atoms with Crippen molar-refractivity contribution in [2.45, 2.75) is 38.8 Å². The van der Waals surface area contributed by atoms with Gasteiger partial charge in [-0.15, -0.1) is 0 Å². The highest BCUT2D eigenvalue weighted by Crippen LogP contribution is 2.14. The number of primary sulfonamides is 1. The molecule has 0 unspecified atom stereocenters. The van der Waals surface area contributed by atoms with Crippen LogP contribution in [0.5, 0.6) is 0 Å². The highest BCUT2D eigenvalue weighted by atomic mass is 32.2. The van der Waals surface area contributed by atoms with Crippen molar-refractivity contribution in [1.29, 1.82) is 0 Å². The van der Waals surface area contributed by atoms with Crippen LogP contribution in [0.1, 0.15) is 29.4 Å². The van der Waals surface area contributed by atoms with Crippen molar-refractivity contribution < 1.29 is 8.42 Å². The van der Waals surface area contributed by atoms with Crippen LogP contribution in [0.15, 0.2) is 29.4 Å². The molecule has 1 aromatic heterocycles. The number of sulfonamides is 1. The molecular weight excluding hydrogens is 274 g/mol. The average Bonchev–Trinajstić information content (AvgIpc) is 2.70. The number of nitrogens with two attached hydrogens (primary N) is 1. The summed E-state index contributed by atoms with van der Waals surface area (Å²) in [4.78, 5) is 4.09. The third-order valence-corrected chi connectivity index (χ3v) is 3.86. The van der Waals surface area contributed by atoms with E-state index >= 15 is 0 Å². The molecule has 5 nitrogen and oxygen atoms in total. The molecule has 0 bridgehead atoms. The molecule has 2 N–H and O–H groups in total. The van der Waals surface area contributed by atoms with E-state index in [0.717, 1.165) is 5.56 Å². The molecule has 0 amide bonds. The van der Waals surface area contributed by atoms with Gasteiger partial charge in [0, 0.05) is 19.2 Å². The molecule has 0 aliphatic heterocycles. The van der Waals surface area contributed by atoms with Crippen LogP contribution in [0.25, 0.3) is 0 Å². The van der Waals surface area contributed by atoms with Gasteiger partial charge in [0.1, 0.15) is 5.82 Å². The predicted molar refractivity (Wildman–Crippen MR) is 78.0 cm³/mol. The lowest BCUT2D eigenvalue weighted by molar-refractivity contribution is 0.594. The van der Waals surface area contributed by atoms with Crippen LogP contribution in [-0.2, 0) is 23.0 Å². The van der Waals surface area contributed by atoms with E-state index in [1.165, 1.54) is 17.3 Å². The average molecular weight is 293 g/mol. The smallest absolute Gasteiger partial charge is 0.257 e. The largest absolute Gasteiger partial charge is 0.329 e. The second-order valence-corrected chi connectivity index (χ2v) is 6.53. The SMILES string of the molecule is CCc1nc(S(N)(=O)=O)cn1Cc1cc(C)cc(C)c1. The Balaban J connectivity index is 2.40. The van der Waals surface area contributed by atoms with Crippen molar-refractivity contribution >= 4 is 10.0 Å². The summed E-state index contributed by atoms with van der Waals surface area (Å²) in [5.74, 6) is 0.716. The Hall–Kier alpha value is -1.66. The van der Waals surface area contributed by atoms with Crippen LogP contribution in [0.3, 0.4) is 0 Å². The van der Waals surface area contributed by atoms with Gasteiger partial charge in [-0.05, 0) is 19.4 Å². The molecule has 2 rings (SSSR count). The van der Waals surface area contributed by atoms with E-state index in [9.17, 15) is 8.42 Å². The van der Waals surface area contributed by atoms with Crippen LogP contribution < -0.4 is 5.14 Å². The number of aryl methyl sites for hydroxylation is 3. The fourth-order valence-corrected chi connectivity index (χ4v) is 2.85. The zero-order chi connectivity index (χ0) is 14.9. The van der Waals surface area contributed by atoms with Crippen LogP contribution in [-0.4, -0.2) is 18.0 Å². The first-order chi connectivity index (χ1) is 9.29. The fraction of sp³-hybridized carbons (Fsp3) is 0.357. The highest BCUT2D eigenvalue weighted by molar-refractivity contribution is 7.89. The van der Waals surface area contributed by atoms with Gasteiger partial charge in [0.25, 0.3) is 10.0 Å². The van der Waals surface area contributed by atoms with Crippen LogP contribution in [0, 0.1) is 13.8 Å². The van der Waals surface area contributed by atoms with Crippen molar-refractivity contribution in [3.8, 4) is 0 Å². The molecule has 6 heteroatoms. The van der Waals surface area contributed by atoms with Gasteiger partial charge < -0.3 is 4.57 Å². The Morgan fingerprint density at radius 2 is 1.80 bits per heavy atom. The number of rotatable bonds is 4. The Bertz CT molecular complexity index is 713. The lowest BCUT2D eigenvalue weighted by Crippen LogP contribution is -2.12. The van der Waals surface area contributed by atoms with E-state index in [1.807, 2.05) is 25.3 Å². The van der Waals surface area contributed by atoms with E-state index in [2.05, 4.69) is 23.2 Å². The van der Waals surface area contributed by atoms with Gasteiger partial charge in [-0.25, -0.2) is 18.5 Å². The van der Waals surface area contributed by atoms with E-state index in [0.29, 0.717) is 18.8 Å². The van der Waals surface area contributed by atoms with Gasteiger partial charge in [-0.2, -0.15) is 0 Å². The minimum Gasteiger partial charge on any atom is -0.329 e. The van der Waals surface area contributed by atoms with Crippen molar-refractivity contribution in [3.63, 3.8) is 0 Å². The minimum atomic E-state index is -3.76. The molecule has 0 aliphatic carbocycles. The van der Waals surface area contributed by atoms with Gasteiger partial charge in [0.05, 0.1) is 0 Å². The lowest BCUT2D eigenvalue weighted by Gasteiger charge is -2.08. The van der Waals surface area contributed by atoms with Crippen LogP contribution in [0.2, 0.25) is 0 Å². The Morgan fingerprint density at radius 1 is 1.20 bits per heavy atom. The molecule has 1 aromatic carbocycles. The summed E-state index contributed by atoms with van der Waals surface area (Å²) < 4.78 is 24.6. The number of nitrogens with zero attached hydrogens (tertiary/aromatic N) is 2. The van der Waals surface area contributed by atoms with Crippen LogP contribution >= 0.6 is 0 Å². The highest BCUT2D eigenvalue weighted by Gasteiger charge is 2.15. The monoisotopic (exact) mass is 293 g/mol. The molecule has 0 aliphatic rings. The van der Waals surface area contributed by atoms with Crippen molar-refractivity contribution in [1.82, 2.24) is 9.55 Å². The molecule has 0 fully saturated rings. The van der Waals surface area contributed by atoms with E-state index in [-0.39, 0.29) is 5.03 Å². The lowest BCUT2D eigenvalue weighted by atomic mass is 10.1. The van der Waals surface area contributed by atoms with Crippen molar-refractivity contribution in [2.24, 2.45) is 5.14 Å². The first-order valence-electron chi connectivity index (χ1n) is 6.45. The van der Waals surface area contributed by atoms with Gasteiger partial charge in [-0.3, -0.25) is 0 Å². The summed E-state index contributed by atoms with van der Waals surface area (Å²) in [5, 5.41) is 5.06. The van der Waals surface area contributed by atoms with Gasteiger partial charge in [-0.1, -0.05) is 36.2 Å². The number of benzene rings is 1. The fourth-order valence-electron chi connectivity index (χ4n) is 2.34. The molecule has 108 valence electrons. The standard InChI is InChI=1S/C14H19N3O2S/c1-4-13-16-14(20(15,18)19)9-17(13)8-12-6-10(2)5-11(3)7-12/h5-7,9H,4,8H2,1-3H3,(H2,15,18,19). The summed E-state index contributed by atoms with van der Waals surface area (Å²) in [5.41, 5.74) is 3.49. The Labute approximate surface area is 119 Å². The molecule has 1 heterocycles. The van der Waals surface area contributed by atoms with Gasteiger partial charge in [0.15, 0.2) is 5.03 Å². The zero-order valence-electron chi connectivity index (χ0n) is 11.9. The topological polar surface area (TPSA) is 78.0 Å². The molecule has 0 atom stereocenters. The second kappa shape index (κ2) is 5.38. The number of hydrogen-bond acceptors (Lipinski definition) is 3. The molecule has 0 radical (unpaired) electrons. The minimum absolute atomic E-state index is 0.0706. The number of hydrogen-bond donors (Lipinski definition) is 1. The quantitative estimate of drug-likeness (QED) is 0.933. The van der Waals surface area contributed by atoms with E-state index in [4.69, 9.17) is 5.14 Å². The maximum atomic E-state index is 11.4. The third-order valence-electron chi connectivity index (χ3n) is 3.08. The first kappa shape index (κ1) is 14.7. The van der Waals surface area contributed by atoms with Crippen LogP contribution in [0.4, 0.5) is 0 Å². The zero-order valence-corrected chi connectivity index (χ0v) is 12.7. The molecule has 0 spiro atoms. The molecule has 2 aromatic rings. The Morgan fingerprint density at radius 3 is 2.30 bits per heavy atom. The van der Waals surface area contributed by atoms with Gasteiger partial charge in [0.2, 0.25) is 0 Å². The molecule has 20 heavy (non-hydrogen) atoms. The summed E-state index contributed by atoms with van der Waals surface area (Å²) >= 11 is 0. The second-order valence-electron chi connectivity index (χ2n) is 5.02. The first-order valence-corrected chi connectivity index (χ1v) is 8.00. The normalized spacial score (nSPS) is 11.8. The predicted octanol–water partition coefficient (Wildman–Crippen LogP) is 1.76. The number of imidazole rings is 1. The summed E-state index contributed by atoms with van der Waals surface area (Å²) in [6.07, 6.45) is 2.16. The summed E-state index contributed by atoms with van der Waals surface area (Å²) in [7, 11) is -3.76. The summed E-state index contributed by atoms with van der Waals surface area (Å²) in [6, 6.07) is 6.28. The molecular formula is C14H19N3O2S. The maximum absolute atomic E-state index is 11.4. The number of aromatic nitrogens is 2. The summed E-state index contributed by atoms with van der Waals surface area (Å²) in [6.45, 7) is 6.61.